The Labute approximate surface area is 304 Å². The fraction of sp³-hybridized carbons (Fsp3) is 0.0204. The number of benzene rings is 7. The van der Waals surface area contributed by atoms with Crippen LogP contribution in [0.2, 0.25) is 0 Å². The summed E-state index contributed by atoms with van der Waals surface area (Å²) in [6, 6.07) is 55.5. The van der Waals surface area contributed by atoms with E-state index in [-0.39, 0.29) is 0 Å². The van der Waals surface area contributed by atoms with Crippen molar-refractivity contribution in [3.05, 3.63) is 174 Å². The van der Waals surface area contributed by atoms with E-state index in [2.05, 4.69) is 186 Å². The van der Waals surface area contributed by atoms with Crippen LogP contribution >= 0.6 is 11.3 Å². The van der Waals surface area contributed by atoms with Gasteiger partial charge in [-0.15, -0.1) is 11.3 Å². The van der Waals surface area contributed by atoms with Gasteiger partial charge in [0.25, 0.3) is 0 Å². The third-order valence-electron chi connectivity index (χ3n) is 10.9. The number of hydrogen-bond acceptors (Lipinski definition) is 1. The summed E-state index contributed by atoms with van der Waals surface area (Å²) in [6.45, 7) is 6.81. The highest BCUT2D eigenvalue weighted by Gasteiger charge is 2.20. The van der Waals surface area contributed by atoms with Crippen LogP contribution in [0.3, 0.4) is 0 Å². The maximum Gasteiger partial charge on any atom is 0.0620 e. The van der Waals surface area contributed by atoms with Crippen molar-refractivity contribution in [1.82, 2.24) is 8.97 Å². The van der Waals surface area contributed by atoms with Gasteiger partial charge < -0.3 is 8.97 Å². The summed E-state index contributed by atoms with van der Waals surface area (Å²) < 4.78 is 7.43. The molecule has 0 aliphatic heterocycles. The van der Waals surface area contributed by atoms with Crippen molar-refractivity contribution in [2.45, 2.75) is 6.92 Å². The Balaban J connectivity index is 1.10. The van der Waals surface area contributed by atoms with E-state index >= 15 is 0 Å². The minimum absolute atomic E-state index is 1.00. The SMILES string of the molecule is C=C(/C=c1\c(=C/C)sc2ccccc12)c1cccc2c3ccccc3n(-c3ccc(-c4cc5c6ccccc6n6c7ccccc7c(c4)c56)cc3)c12. The van der Waals surface area contributed by atoms with E-state index in [9.17, 15) is 0 Å². The highest BCUT2D eigenvalue weighted by atomic mass is 32.1. The van der Waals surface area contributed by atoms with Gasteiger partial charge in [0, 0.05) is 63.4 Å². The van der Waals surface area contributed by atoms with Crippen LogP contribution < -0.4 is 9.75 Å². The molecular formula is C49H32N2S. The van der Waals surface area contributed by atoms with Crippen molar-refractivity contribution in [3.8, 4) is 16.8 Å². The molecule has 0 saturated carbocycles. The molecule has 11 aromatic rings. The molecule has 0 radical (unpaired) electrons. The number of rotatable bonds is 4. The van der Waals surface area contributed by atoms with Crippen LogP contribution in [-0.4, -0.2) is 8.97 Å². The zero-order valence-corrected chi connectivity index (χ0v) is 29.4. The summed E-state index contributed by atoms with van der Waals surface area (Å²) in [4.78, 5) is 0. The molecule has 0 aliphatic rings. The first-order valence-corrected chi connectivity index (χ1v) is 18.6. The molecule has 0 atom stereocenters. The first-order valence-electron chi connectivity index (χ1n) is 17.8. The van der Waals surface area contributed by atoms with E-state index in [0.29, 0.717) is 0 Å². The Kier molecular flexibility index (Phi) is 6.22. The van der Waals surface area contributed by atoms with Crippen LogP contribution in [-0.2, 0) is 0 Å². The van der Waals surface area contributed by atoms with Crippen LogP contribution in [0.1, 0.15) is 12.5 Å². The second kappa shape index (κ2) is 11.0. The van der Waals surface area contributed by atoms with Crippen LogP contribution in [0.15, 0.2) is 158 Å². The summed E-state index contributed by atoms with van der Waals surface area (Å²) in [5.41, 5.74) is 11.9. The molecule has 52 heavy (non-hydrogen) atoms. The van der Waals surface area contributed by atoms with Gasteiger partial charge in [-0.2, -0.15) is 0 Å². The Morgan fingerprint density at radius 3 is 1.79 bits per heavy atom. The number of aromatic nitrogens is 2. The van der Waals surface area contributed by atoms with Crippen molar-refractivity contribution < 1.29 is 0 Å². The first kappa shape index (κ1) is 29.3. The minimum Gasteiger partial charge on any atom is -0.309 e. The lowest BCUT2D eigenvalue weighted by Gasteiger charge is -2.13. The van der Waals surface area contributed by atoms with E-state index in [1.807, 2.05) is 11.3 Å². The molecule has 0 bridgehead atoms. The fourth-order valence-corrected chi connectivity index (χ4v) is 9.73. The molecule has 11 rings (SSSR count). The highest BCUT2D eigenvalue weighted by Crippen LogP contribution is 2.42. The molecule has 244 valence electrons. The van der Waals surface area contributed by atoms with Gasteiger partial charge in [0.05, 0.1) is 27.6 Å². The maximum atomic E-state index is 4.69. The van der Waals surface area contributed by atoms with Gasteiger partial charge in [0.15, 0.2) is 0 Å². The number of fused-ring (bicyclic) bond motifs is 10. The van der Waals surface area contributed by atoms with E-state index in [0.717, 1.165) is 16.8 Å². The van der Waals surface area contributed by atoms with Gasteiger partial charge in [-0.25, -0.2) is 0 Å². The van der Waals surface area contributed by atoms with Gasteiger partial charge >= 0.3 is 0 Å². The summed E-state index contributed by atoms with van der Waals surface area (Å²) in [7, 11) is 0. The molecule has 0 aliphatic carbocycles. The number of hydrogen-bond donors (Lipinski definition) is 0. The number of nitrogens with zero attached hydrogens (tertiary/aromatic N) is 2. The summed E-state index contributed by atoms with van der Waals surface area (Å²) in [6.07, 6.45) is 4.49. The molecule has 0 unspecified atom stereocenters. The van der Waals surface area contributed by atoms with Crippen LogP contribution in [0.25, 0.3) is 105 Å². The summed E-state index contributed by atoms with van der Waals surface area (Å²) in [5, 5.41) is 10.2. The van der Waals surface area contributed by atoms with Crippen LogP contribution in [0.4, 0.5) is 0 Å². The molecule has 0 fully saturated rings. The topological polar surface area (TPSA) is 9.34 Å². The standard InChI is InChI=1S/C49H32N2S/c1-3-46-40(38-16-7-11-22-47(38)52-46)27-30(2)34-17-12-18-39-35-13-4-8-19-43(35)50(48(34)39)33-25-23-31(24-26-33)32-28-41-36-14-5-9-20-44(36)51-45-21-10-6-15-37(45)42(29-32)49(41)51/h3-29H,2H2,1H3/b40-27-,46-3+. The molecule has 2 nitrogen and oxygen atoms in total. The summed E-state index contributed by atoms with van der Waals surface area (Å²) >= 11 is 1.84. The van der Waals surface area contributed by atoms with Crippen molar-refractivity contribution in [2.75, 3.05) is 0 Å². The van der Waals surface area contributed by atoms with Crippen molar-refractivity contribution in [3.63, 3.8) is 0 Å². The molecule has 0 saturated heterocycles. The van der Waals surface area contributed by atoms with Gasteiger partial charge in [0.2, 0.25) is 0 Å². The summed E-state index contributed by atoms with van der Waals surface area (Å²) in [5.74, 6) is 0. The van der Waals surface area contributed by atoms with Crippen LogP contribution in [0.5, 0.6) is 0 Å². The molecule has 4 heterocycles. The number of para-hydroxylation sites is 4. The predicted octanol–water partition coefficient (Wildman–Crippen LogP) is 12.1. The predicted molar refractivity (Wildman–Crippen MR) is 226 cm³/mol. The lowest BCUT2D eigenvalue weighted by molar-refractivity contribution is 1.18. The van der Waals surface area contributed by atoms with Gasteiger partial charge in [0.1, 0.15) is 0 Å². The largest absolute Gasteiger partial charge is 0.309 e. The highest BCUT2D eigenvalue weighted by molar-refractivity contribution is 7.17. The quantitative estimate of drug-likeness (QED) is 0.175. The lowest BCUT2D eigenvalue weighted by Crippen LogP contribution is -2.18. The molecule has 4 aromatic heterocycles. The van der Waals surface area contributed by atoms with E-state index in [4.69, 9.17) is 0 Å². The third-order valence-corrected chi connectivity index (χ3v) is 12.2. The van der Waals surface area contributed by atoms with E-state index in [1.54, 1.807) is 0 Å². The molecule has 3 heteroatoms. The molecule has 0 N–H and O–H groups in total. The van der Waals surface area contributed by atoms with Crippen molar-refractivity contribution in [1.29, 1.82) is 0 Å². The maximum absolute atomic E-state index is 4.69. The third kappa shape index (κ3) is 4.06. The average molecular weight is 681 g/mol. The Bertz CT molecular complexity index is 3290. The molecule has 0 amide bonds. The number of allylic oxidation sites excluding steroid dienone is 1. The fourth-order valence-electron chi connectivity index (χ4n) is 8.66. The Morgan fingerprint density at radius 2 is 1.12 bits per heavy atom. The minimum atomic E-state index is 1.00. The van der Waals surface area contributed by atoms with Crippen LogP contribution in [0, 0.1) is 0 Å². The molecular weight excluding hydrogens is 649 g/mol. The van der Waals surface area contributed by atoms with Gasteiger partial charge in [-0.3, -0.25) is 0 Å². The number of thiophene rings is 1. The van der Waals surface area contributed by atoms with E-state index in [1.165, 1.54) is 90.9 Å². The van der Waals surface area contributed by atoms with Gasteiger partial charge in [-0.05, 0) is 78.2 Å². The smallest absolute Gasteiger partial charge is 0.0620 e. The zero-order chi connectivity index (χ0) is 34.5. The second-order valence-electron chi connectivity index (χ2n) is 13.7. The van der Waals surface area contributed by atoms with Crippen molar-refractivity contribution >= 4 is 99.0 Å². The zero-order valence-electron chi connectivity index (χ0n) is 28.6. The van der Waals surface area contributed by atoms with Gasteiger partial charge in [-0.1, -0.05) is 116 Å². The van der Waals surface area contributed by atoms with Crippen molar-refractivity contribution in [2.24, 2.45) is 0 Å². The first-order chi connectivity index (χ1) is 25.7. The lowest BCUT2D eigenvalue weighted by atomic mass is 9.99. The average Bonchev–Trinajstić information content (AvgIpc) is 3.93. The monoisotopic (exact) mass is 680 g/mol. The Hall–Kier alpha value is -6.42. The van der Waals surface area contributed by atoms with E-state index < -0.39 is 0 Å². The molecule has 7 aromatic carbocycles. The molecule has 0 spiro atoms. The normalized spacial score (nSPS) is 13.0. The second-order valence-corrected chi connectivity index (χ2v) is 14.8. The Morgan fingerprint density at radius 1 is 0.538 bits per heavy atom.